The van der Waals surface area contributed by atoms with Crippen LogP contribution in [-0.2, 0) is 21.9 Å². The molecule has 0 unspecified atom stereocenters. The van der Waals surface area contributed by atoms with Crippen molar-refractivity contribution in [3.63, 3.8) is 0 Å². The monoisotopic (exact) mass is 596 g/mol. The van der Waals surface area contributed by atoms with E-state index < -0.39 is 27.3 Å². The second-order valence-electron chi connectivity index (χ2n) is 12.8. The number of aliphatic hydroxyl groups excluding tert-OH is 1. The Morgan fingerprint density at radius 3 is 2.71 bits per heavy atom. The van der Waals surface area contributed by atoms with E-state index in [4.69, 9.17) is 16.3 Å². The first-order chi connectivity index (χ1) is 19.7. The maximum atomic E-state index is 13.3. The van der Waals surface area contributed by atoms with Crippen LogP contribution in [0.5, 0.6) is 5.75 Å². The van der Waals surface area contributed by atoms with Gasteiger partial charge in [-0.3, -0.25) is 4.79 Å². The third kappa shape index (κ3) is 4.86. The van der Waals surface area contributed by atoms with E-state index in [9.17, 15) is 18.3 Å². The highest BCUT2D eigenvalue weighted by atomic mass is 35.5. The first-order valence-electron chi connectivity index (χ1n) is 14.9. The second-order valence-corrected chi connectivity index (χ2v) is 15.1. The van der Waals surface area contributed by atoms with E-state index in [1.165, 1.54) is 11.1 Å². The quantitative estimate of drug-likeness (QED) is 0.416. The van der Waals surface area contributed by atoms with Crippen LogP contribution >= 0.6 is 11.6 Å². The van der Waals surface area contributed by atoms with E-state index in [1.54, 1.807) is 18.2 Å². The molecule has 0 aromatic heterocycles. The molecule has 2 aromatic carbocycles. The average Bonchev–Trinajstić information content (AvgIpc) is 3.04. The van der Waals surface area contributed by atoms with Crippen LogP contribution in [0.1, 0.15) is 66.4 Å². The summed E-state index contributed by atoms with van der Waals surface area (Å²) in [5, 5.41) is 11.3. The number of rotatable bonds is 0. The fourth-order valence-electron chi connectivity index (χ4n) is 7.83. The van der Waals surface area contributed by atoms with Gasteiger partial charge in [0.15, 0.2) is 0 Å². The number of fused-ring (bicyclic) bond motifs is 5. The number of amides is 1. The van der Waals surface area contributed by atoms with Crippen molar-refractivity contribution < 1.29 is 23.1 Å². The van der Waals surface area contributed by atoms with Gasteiger partial charge in [-0.1, -0.05) is 29.8 Å². The Morgan fingerprint density at radius 2 is 1.93 bits per heavy atom. The van der Waals surface area contributed by atoms with Gasteiger partial charge in [0.2, 0.25) is 10.0 Å². The number of hydrogen-bond donors (Lipinski definition) is 2. The second kappa shape index (κ2) is 10.3. The van der Waals surface area contributed by atoms with Crippen molar-refractivity contribution in [2.75, 3.05) is 24.6 Å². The Hall–Kier alpha value is -2.55. The van der Waals surface area contributed by atoms with E-state index in [2.05, 4.69) is 21.8 Å². The van der Waals surface area contributed by atoms with Crippen molar-refractivity contribution in [1.29, 1.82) is 0 Å². The number of ether oxygens (including phenoxy) is 1. The molecule has 2 aromatic rings. The molecule has 2 saturated carbocycles. The maximum absolute atomic E-state index is 13.3. The predicted molar refractivity (Wildman–Crippen MR) is 159 cm³/mol. The number of anilines is 1. The largest absolute Gasteiger partial charge is 0.490 e. The molecule has 2 heterocycles. The summed E-state index contributed by atoms with van der Waals surface area (Å²) in [6.07, 6.45) is 10.2. The molecule has 6 atom stereocenters. The Morgan fingerprint density at radius 1 is 1.07 bits per heavy atom. The first kappa shape index (κ1) is 27.3. The third-order valence-corrected chi connectivity index (χ3v) is 12.5. The molecular weight excluding hydrogens is 560 g/mol. The number of allylic oxidation sites excluding steroid dienone is 1. The first-order valence-corrected chi connectivity index (χ1v) is 16.9. The molecule has 2 bridgehead atoms. The SMILES string of the molecule is O=C1NS(=O)(=O)[C@H]2CC[C@@H]2C/C=C/[C@H](O)[C@@H]2CC[C@H]2CN2C[C@@]3(CCCc4cc(Cl)ccc43)COc3ccc1cc32. The summed E-state index contributed by atoms with van der Waals surface area (Å²) < 4.78 is 35.2. The van der Waals surface area contributed by atoms with Crippen LogP contribution in [0.4, 0.5) is 5.69 Å². The van der Waals surface area contributed by atoms with Crippen LogP contribution in [0.25, 0.3) is 0 Å². The predicted octanol–water partition coefficient (Wildman–Crippen LogP) is 5.00. The lowest BCUT2D eigenvalue weighted by atomic mass is 9.68. The zero-order valence-corrected chi connectivity index (χ0v) is 24.7. The summed E-state index contributed by atoms with van der Waals surface area (Å²) in [7, 11) is -3.82. The molecule has 5 aliphatic rings. The lowest BCUT2D eigenvalue weighted by Gasteiger charge is -2.45. The molecular formula is C32H37ClN2O5S. The zero-order chi connectivity index (χ0) is 28.4. The van der Waals surface area contributed by atoms with Crippen LogP contribution in [0.15, 0.2) is 48.6 Å². The number of aliphatic hydroxyl groups is 1. The van der Waals surface area contributed by atoms with E-state index in [0.29, 0.717) is 43.2 Å². The van der Waals surface area contributed by atoms with Crippen LogP contribution in [0, 0.1) is 17.8 Å². The summed E-state index contributed by atoms with van der Waals surface area (Å²) >= 11 is 6.38. The number of nitrogens with zero attached hydrogens (tertiary/aromatic N) is 1. The molecule has 218 valence electrons. The van der Waals surface area contributed by atoms with Gasteiger partial charge in [-0.25, -0.2) is 13.1 Å². The average molecular weight is 597 g/mol. The van der Waals surface area contributed by atoms with Gasteiger partial charge in [-0.05, 0) is 111 Å². The Bertz CT molecular complexity index is 1510. The molecule has 2 N–H and O–H groups in total. The van der Waals surface area contributed by atoms with Gasteiger partial charge in [0.25, 0.3) is 5.91 Å². The molecule has 1 spiro atoms. The number of benzene rings is 2. The number of carbonyl (C=O) groups is 1. The molecule has 9 heteroatoms. The molecule has 1 amide bonds. The van der Waals surface area contributed by atoms with E-state index in [1.807, 2.05) is 18.2 Å². The van der Waals surface area contributed by atoms with Crippen molar-refractivity contribution in [2.24, 2.45) is 17.8 Å². The maximum Gasteiger partial charge on any atom is 0.264 e. The van der Waals surface area contributed by atoms with Crippen LogP contribution < -0.4 is 14.4 Å². The van der Waals surface area contributed by atoms with Crippen molar-refractivity contribution in [3.05, 3.63) is 70.3 Å². The normalized spacial score (nSPS) is 34.8. The van der Waals surface area contributed by atoms with Gasteiger partial charge < -0.3 is 14.7 Å². The highest BCUT2D eigenvalue weighted by molar-refractivity contribution is 7.90. The van der Waals surface area contributed by atoms with Crippen LogP contribution in [0.2, 0.25) is 5.02 Å². The highest BCUT2D eigenvalue weighted by Gasteiger charge is 2.45. The Kier molecular flexibility index (Phi) is 6.87. The van der Waals surface area contributed by atoms with Crippen LogP contribution in [-0.4, -0.2) is 50.5 Å². The number of halogens is 1. The molecule has 2 fully saturated rings. The smallest absolute Gasteiger partial charge is 0.264 e. The Labute approximate surface area is 247 Å². The third-order valence-electron chi connectivity index (χ3n) is 10.4. The van der Waals surface area contributed by atoms with Gasteiger partial charge >= 0.3 is 0 Å². The minimum Gasteiger partial charge on any atom is -0.490 e. The fraction of sp³-hybridized carbons (Fsp3) is 0.531. The number of sulfonamides is 1. The summed E-state index contributed by atoms with van der Waals surface area (Å²) in [6, 6.07) is 11.4. The summed E-state index contributed by atoms with van der Waals surface area (Å²) in [5.41, 5.74) is 3.38. The standard InChI is InChI=1S/C32H37ClN2O5S/c33-24-9-11-26-21(15-24)4-2-14-32(26)18-35-17-23-6-10-25(23)28(36)5-1-3-20-8-13-30(20)41(38,39)34-31(37)22-7-12-29(40-19-32)27(35)16-22/h1,5,7,9,11-12,15-16,20,23,25,28,30,36H,2-4,6,8,10,13-14,17-19H2,(H,34,37)/b5-1+/t20-,23-,25+,28-,30-,32-/m0/s1. The van der Waals surface area contributed by atoms with E-state index in [0.717, 1.165) is 55.8 Å². The van der Waals surface area contributed by atoms with Crippen molar-refractivity contribution in [2.45, 2.75) is 68.1 Å². The highest BCUT2D eigenvalue weighted by Crippen LogP contribution is 2.47. The Balaban J connectivity index is 1.29. The van der Waals surface area contributed by atoms with E-state index >= 15 is 0 Å². The summed E-state index contributed by atoms with van der Waals surface area (Å²) in [4.78, 5) is 15.7. The molecule has 7 rings (SSSR count). The molecule has 0 radical (unpaired) electrons. The lowest BCUT2D eigenvalue weighted by molar-refractivity contribution is 0.0455. The summed E-state index contributed by atoms with van der Waals surface area (Å²) in [6.45, 7) is 1.94. The van der Waals surface area contributed by atoms with Crippen LogP contribution in [0.3, 0.4) is 0 Å². The van der Waals surface area contributed by atoms with Gasteiger partial charge in [0.1, 0.15) is 5.75 Å². The molecule has 41 heavy (non-hydrogen) atoms. The van der Waals surface area contributed by atoms with Crippen molar-refractivity contribution in [1.82, 2.24) is 4.72 Å². The lowest BCUT2D eigenvalue weighted by Crippen LogP contribution is -2.49. The molecule has 2 aliphatic heterocycles. The molecule has 3 aliphatic carbocycles. The minimum absolute atomic E-state index is 0.0470. The van der Waals surface area contributed by atoms with E-state index in [-0.39, 0.29) is 17.3 Å². The van der Waals surface area contributed by atoms with Crippen molar-refractivity contribution in [3.8, 4) is 5.75 Å². The minimum atomic E-state index is -3.82. The van der Waals surface area contributed by atoms with Crippen molar-refractivity contribution >= 4 is 33.2 Å². The molecule has 0 saturated heterocycles. The summed E-state index contributed by atoms with van der Waals surface area (Å²) in [5.74, 6) is 0.489. The zero-order valence-electron chi connectivity index (χ0n) is 23.1. The van der Waals surface area contributed by atoms with Gasteiger partial charge in [0.05, 0.1) is 23.6 Å². The molecule has 7 nitrogen and oxygen atoms in total. The number of aryl methyl sites for hydroxylation is 1. The topological polar surface area (TPSA) is 95.9 Å². The van der Waals surface area contributed by atoms with Gasteiger partial charge in [0, 0.05) is 29.1 Å². The number of nitrogens with one attached hydrogen (secondary N) is 1. The fourth-order valence-corrected chi connectivity index (χ4v) is 9.75. The number of hydrogen-bond acceptors (Lipinski definition) is 6. The van der Waals surface area contributed by atoms with Gasteiger partial charge in [-0.15, -0.1) is 0 Å². The number of carbonyl (C=O) groups excluding carboxylic acids is 1. The van der Waals surface area contributed by atoms with Gasteiger partial charge in [-0.2, -0.15) is 0 Å².